The van der Waals surface area contributed by atoms with Gasteiger partial charge in [-0.15, -0.1) is 5.10 Å². The van der Waals surface area contributed by atoms with Crippen LogP contribution >= 0.6 is 0 Å². The Kier molecular flexibility index (Phi) is 2.62. The van der Waals surface area contributed by atoms with Crippen molar-refractivity contribution in [1.82, 2.24) is 19.8 Å². The lowest BCUT2D eigenvalue weighted by Crippen LogP contribution is -2.37. The molecule has 0 spiro atoms. The summed E-state index contributed by atoms with van der Waals surface area (Å²) in [5.74, 6) is 0.600. The maximum absolute atomic E-state index is 11.4. The molecule has 2 rings (SSSR count). The highest BCUT2D eigenvalue weighted by Gasteiger charge is 2.17. The van der Waals surface area contributed by atoms with Gasteiger partial charge in [0.05, 0.1) is 5.60 Å². The molecule has 17 heavy (non-hydrogen) atoms. The predicted octanol–water partition coefficient (Wildman–Crippen LogP) is -0.375. The number of rotatable bonds is 3. The summed E-state index contributed by atoms with van der Waals surface area (Å²) < 4.78 is 1.19. The fraction of sp³-hybridized carbons (Fsp3) is 0.500. The second-order valence-corrected chi connectivity index (χ2v) is 4.66. The number of aliphatic hydroxyl groups is 1. The van der Waals surface area contributed by atoms with Crippen molar-refractivity contribution in [3.63, 3.8) is 0 Å². The van der Waals surface area contributed by atoms with Gasteiger partial charge in [0.25, 0.3) is 0 Å². The van der Waals surface area contributed by atoms with Gasteiger partial charge in [0.2, 0.25) is 0 Å². The van der Waals surface area contributed by atoms with Crippen molar-refractivity contribution in [2.24, 2.45) is 0 Å². The molecule has 0 bridgehead atoms. The zero-order valence-corrected chi connectivity index (χ0v) is 10.0. The third-order valence-electron chi connectivity index (χ3n) is 2.27. The molecule has 7 nitrogen and oxygen atoms in total. The monoisotopic (exact) mass is 237 g/mol. The second-order valence-electron chi connectivity index (χ2n) is 4.66. The molecule has 0 aliphatic rings. The van der Waals surface area contributed by atoms with Crippen molar-refractivity contribution in [3.8, 4) is 0 Å². The first-order valence-corrected chi connectivity index (χ1v) is 5.25. The van der Waals surface area contributed by atoms with Crippen molar-refractivity contribution in [2.45, 2.75) is 19.4 Å². The van der Waals surface area contributed by atoms with Crippen LogP contribution in [0.15, 0.2) is 16.9 Å². The Bertz CT molecular complexity index is 580. The molecule has 0 saturated heterocycles. The van der Waals surface area contributed by atoms with Gasteiger partial charge in [0.1, 0.15) is 5.82 Å². The molecule has 92 valence electrons. The molecule has 2 heterocycles. The van der Waals surface area contributed by atoms with E-state index in [1.165, 1.54) is 4.52 Å². The molecule has 2 aromatic heterocycles. The first-order valence-electron chi connectivity index (χ1n) is 5.25. The number of aromatic nitrogens is 4. The van der Waals surface area contributed by atoms with Gasteiger partial charge in [0, 0.05) is 13.6 Å². The molecule has 0 aliphatic heterocycles. The zero-order valence-electron chi connectivity index (χ0n) is 10.0. The molecule has 0 aromatic carbocycles. The molecule has 0 fully saturated rings. The summed E-state index contributed by atoms with van der Waals surface area (Å²) in [6, 6.07) is 3.45. The molecule has 0 radical (unpaired) electrons. The van der Waals surface area contributed by atoms with Crippen LogP contribution in [0.4, 0.5) is 5.82 Å². The summed E-state index contributed by atoms with van der Waals surface area (Å²) >= 11 is 0. The van der Waals surface area contributed by atoms with E-state index in [0.717, 1.165) is 0 Å². The Morgan fingerprint density at radius 2 is 2.24 bits per heavy atom. The van der Waals surface area contributed by atoms with E-state index < -0.39 is 5.60 Å². The van der Waals surface area contributed by atoms with Crippen LogP contribution in [0.5, 0.6) is 0 Å². The van der Waals surface area contributed by atoms with Crippen LogP contribution in [0.25, 0.3) is 5.65 Å². The van der Waals surface area contributed by atoms with E-state index in [-0.39, 0.29) is 5.69 Å². The van der Waals surface area contributed by atoms with Gasteiger partial charge in [-0.3, -0.25) is 0 Å². The van der Waals surface area contributed by atoms with Gasteiger partial charge < -0.3 is 10.0 Å². The molecule has 0 atom stereocenters. The number of nitrogens with one attached hydrogen (secondary N) is 1. The lowest BCUT2D eigenvalue weighted by molar-refractivity contribution is 0.0884. The topological polar surface area (TPSA) is 86.5 Å². The molecule has 2 N–H and O–H groups in total. The molecular weight excluding hydrogens is 222 g/mol. The van der Waals surface area contributed by atoms with Crippen molar-refractivity contribution in [3.05, 3.63) is 22.6 Å². The average Bonchev–Trinajstić information content (AvgIpc) is 2.57. The number of nitrogens with zero attached hydrogens (tertiary/aromatic N) is 4. The summed E-state index contributed by atoms with van der Waals surface area (Å²) in [6.07, 6.45) is 0. The van der Waals surface area contributed by atoms with Gasteiger partial charge in [-0.05, 0) is 26.0 Å². The number of anilines is 1. The normalized spacial score (nSPS) is 12.0. The summed E-state index contributed by atoms with van der Waals surface area (Å²) in [7, 11) is 1.80. The zero-order chi connectivity index (χ0) is 12.6. The number of fused-ring (bicyclic) bond motifs is 1. The van der Waals surface area contributed by atoms with Crippen LogP contribution in [-0.4, -0.2) is 44.1 Å². The lowest BCUT2D eigenvalue weighted by Gasteiger charge is -2.26. The summed E-state index contributed by atoms with van der Waals surface area (Å²) in [5, 5.41) is 20.0. The van der Waals surface area contributed by atoms with Gasteiger partial charge in [-0.2, -0.15) is 9.61 Å². The molecule has 2 aromatic rings. The second kappa shape index (κ2) is 3.85. The minimum absolute atomic E-state index is 0.376. The first-order chi connectivity index (χ1) is 7.87. The fourth-order valence-electron chi connectivity index (χ4n) is 1.66. The molecule has 0 amide bonds. The third-order valence-corrected chi connectivity index (χ3v) is 2.27. The summed E-state index contributed by atoms with van der Waals surface area (Å²) in [6.45, 7) is 3.84. The van der Waals surface area contributed by atoms with Crippen LogP contribution in [0.3, 0.4) is 0 Å². The highest BCUT2D eigenvalue weighted by atomic mass is 16.3. The van der Waals surface area contributed by atoms with Crippen molar-refractivity contribution in [1.29, 1.82) is 0 Å². The van der Waals surface area contributed by atoms with Crippen LogP contribution in [0, 0.1) is 0 Å². The molecule has 0 saturated carbocycles. The maximum atomic E-state index is 11.4. The lowest BCUT2D eigenvalue weighted by atomic mass is 10.1. The van der Waals surface area contributed by atoms with E-state index >= 15 is 0 Å². The van der Waals surface area contributed by atoms with Crippen LogP contribution in [-0.2, 0) is 0 Å². The summed E-state index contributed by atoms with van der Waals surface area (Å²) in [5.41, 5.74) is -0.735. The van der Waals surface area contributed by atoms with Crippen LogP contribution in [0.1, 0.15) is 13.8 Å². The fourth-order valence-corrected chi connectivity index (χ4v) is 1.66. The standard InChI is InChI=1S/C10H15N5O2/c1-10(2,17)6-14(3)8-5-4-7-11-12-9(16)15(7)13-8/h4-5,17H,6H2,1-3H3,(H,12,16). The molecular formula is C10H15N5O2. The SMILES string of the molecule is CN(CC(C)(C)O)c1ccc2n[nH]c(=O)n2n1. The largest absolute Gasteiger partial charge is 0.389 e. The maximum Gasteiger partial charge on any atom is 0.364 e. The van der Waals surface area contributed by atoms with Crippen molar-refractivity contribution in [2.75, 3.05) is 18.5 Å². The van der Waals surface area contributed by atoms with Gasteiger partial charge in [-0.25, -0.2) is 9.89 Å². The first kappa shape index (κ1) is 11.6. The minimum atomic E-state index is -0.827. The van der Waals surface area contributed by atoms with Crippen molar-refractivity contribution < 1.29 is 5.11 Å². The van der Waals surface area contributed by atoms with Crippen LogP contribution < -0.4 is 10.6 Å². The molecule has 7 heteroatoms. The highest BCUT2D eigenvalue weighted by molar-refractivity contribution is 5.44. The average molecular weight is 237 g/mol. The van der Waals surface area contributed by atoms with E-state index in [4.69, 9.17) is 0 Å². The van der Waals surface area contributed by atoms with Gasteiger partial charge in [0.15, 0.2) is 5.65 Å². The Hall–Kier alpha value is -1.89. The highest BCUT2D eigenvalue weighted by Crippen LogP contribution is 2.12. The van der Waals surface area contributed by atoms with E-state index in [9.17, 15) is 9.90 Å². The third kappa shape index (κ3) is 2.44. The number of aromatic amines is 1. The summed E-state index contributed by atoms with van der Waals surface area (Å²) in [4.78, 5) is 13.1. The number of likely N-dealkylation sites (N-methyl/N-ethyl adjacent to an activating group) is 1. The Balaban J connectivity index is 2.35. The number of H-pyrrole nitrogens is 1. The number of hydrogen-bond acceptors (Lipinski definition) is 5. The Morgan fingerprint density at radius 3 is 2.88 bits per heavy atom. The Labute approximate surface area is 97.7 Å². The van der Waals surface area contributed by atoms with Crippen molar-refractivity contribution >= 4 is 11.5 Å². The predicted molar refractivity (Wildman–Crippen MR) is 63.2 cm³/mol. The van der Waals surface area contributed by atoms with E-state index in [1.54, 1.807) is 37.9 Å². The quantitative estimate of drug-likeness (QED) is 0.760. The van der Waals surface area contributed by atoms with Gasteiger partial charge in [-0.1, -0.05) is 0 Å². The number of hydrogen-bond donors (Lipinski definition) is 2. The van der Waals surface area contributed by atoms with Gasteiger partial charge >= 0.3 is 5.69 Å². The smallest absolute Gasteiger partial charge is 0.364 e. The van der Waals surface area contributed by atoms with E-state index in [1.807, 2.05) is 0 Å². The Morgan fingerprint density at radius 1 is 1.53 bits per heavy atom. The molecule has 0 aliphatic carbocycles. The van der Waals surface area contributed by atoms with E-state index in [0.29, 0.717) is 18.0 Å². The van der Waals surface area contributed by atoms with E-state index in [2.05, 4.69) is 15.3 Å². The van der Waals surface area contributed by atoms with Crippen LogP contribution in [0.2, 0.25) is 0 Å². The minimum Gasteiger partial charge on any atom is -0.389 e. The molecule has 0 unspecified atom stereocenters.